The normalized spacial score (nSPS) is 9.41. The molecule has 0 saturated carbocycles. The van der Waals surface area contributed by atoms with Gasteiger partial charge in [0, 0.05) is 18.0 Å². The van der Waals surface area contributed by atoms with Crippen molar-refractivity contribution in [3.8, 4) is 0 Å². The first-order valence-electron chi connectivity index (χ1n) is 4.44. The van der Waals surface area contributed by atoms with E-state index in [1.807, 2.05) is 0 Å². The second kappa shape index (κ2) is 6.81. The number of carbonyl (C=O) groups is 2. The van der Waals surface area contributed by atoms with Gasteiger partial charge in [-0.15, -0.1) is 0 Å². The van der Waals surface area contributed by atoms with E-state index in [2.05, 4.69) is 15.8 Å². The Kier molecular flexibility index (Phi) is 5.37. The van der Waals surface area contributed by atoms with Crippen LogP contribution in [0.3, 0.4) is 0 Å². The first-order chi connectivity index (χ1) is 8.09. The molecule has 0 saturated heterocycles. The number of thiocarbonyl (C=S) groups is 1. The van der Waals surface area contributed by atoms with Gasteiger partial charge >= 0.3 is 5.97 Å². The molecule has 0 radical (unpaired) electrons. The highest BCUT2D eigenvalue weighted by Gasteiger charge is 2.06. The highest BCUT2D eigenvalue weighted by molar-refractivity contribution is 8.23. The summed E-state index contributed by atoms with van der Waals surface area (Å²) >= 11 is 5.72. The van der Waals surface area contributed by atoms with E-state index in [1.54, 1.807) is 12.1 Å². The Morgan fingerprint density at radius 1 is 1.35 bits per heavy atom. The quantitative estimate of drug-likeness (QED) is 0.542. The number of pyridine rings is 1. The number of rotatable bonds is 3. The van der Waals surface area contributed by atoms with Crippen molar-refractivity contribution in [1.29, 1.82) is 0 Å². The van der Waals surface area contributed by atoms with Gasteiger partial charge in [-0.2, -0.15) is 0 Å². The minimum Gasteiger partial charge on any atom is -0.481 e. The summed E-state index contributed by atoms with van der Waals surface area (Å²) in [5.41, 5.74) is 5.23. The van der Waals surface area contributed by atoms with Crippen LogP contribution in [-0.2, 0) is 4.79 Å². The maximum absolute atomic E-state index is 11.5. The molecule has 8 heteroatoms. The molecule has 1 amide bonds. The molecule has 0 bridgehead atoms. The minimum atomic E-state index is -0.973. The molecule has 0 aromatic carbocycles. The molecule has 0 aliphatic rings. The topological polar surface area (TPSA) is 91.3 Å². The third kappa shape index (κ3) is 5.27. The predicted octanol–water partition coefficient (Wildman–Crippen LogP) is 0.419. The van der Waals surface area contributed by atoms with E-state index in [0.29, 0.717) is 5.56 Å². The molecule has 1 aromatic heterocycles. The molecule has 0 spiro atoms. The van der Waals surface area contributed by atoms with Gasteiger partial charge < -0.3 is 5.11 Å². The van der Waals surface area contributed by atoms with Crippen LogP contribution in [0.15, 0.2) is 24.5 Å². The number of aliphatic carboxylic acids is 1. The molecule has 0 atom stereocenters. The van der Waals surface area contributed by atoms with Crippen LogP contribution in [0.5, 0.6) is 0 Å². The lowest BCUT2D eigenvalue weighted by Gasteiger charge is -2.07. The molecule has 1 aromatic rings. The Hall–Kier alpha value is -1.67. The van der Waals surface area contributed by atoms with Gasteiger partial charge in [-0.25, -0.2) is 0 Å². The molecule has 17 heavy (non-hydrogen) atoms. The number of carboxylic acid groups (broad SMARTS) is 1. The zero-order chi connectivity index (χ0) is 12.7. The predicted molar refractivity (Wildman–Crippen MR) is 67.5 cm³/mol. The van der Waals surface area contributed by atoms with Gasteiger partial charge in [0.1, 0.15) is 0 Å². The maximum atomic E-state index is 11.5. The van der Waals surface area contributed by atoms with Crippen molar-refractivity contribution < 1.29 is 14.7 Å². The van der Waals surface area contributed by atoms with E-state index < -0.39 is 5.97 Å². The maximum Gasteiger partial charge on any atom is 0.313 e. The number of aromatic nitrogens is 1. The van der Waals surface area contributed by atoms with Crippen LogP contribution in [0.1, 0.15) is 10.4 Å². The number of nitrogens with one attached hydrogen (secondary N) is 2. The molecule has 6 nitrogen and oxygen atoms in total. The Labute approximate surface area is 107 Å². The highest BCUT2D eigenvalue weighted by atomic mass is 32.2. The molecular weight excluding hydrogens is 262 g/mol. The Bertz CT molecular complexity index is 425. The van der Waals surface area contributed by atoms with Gasteiger partial charge in [0.25, 0.3) is 5.91 Å². The summed E-state index contributed by atoms with van der Waals surface area (Å²) in [6.45, 7) is 0. The van der Waals surface area contributed by atoms with Crippen molar-refractivity contribution in [2.24, 2.45) is 0 Å². The van der Waals surface area contributed by atoms with Crippen LogP contribution in [0.4, 0.5) is 0 Å². The number of hydrogen-bond acceptors (Lipinski definition) is 5. The molecule has 3 N–H and O–H groups in total. The third-order valence-corrected chi connectivity index (χ3v) is 2.76. The second-order valence-corrected chi connectivity index (χ2v) is 4.44. The molecule has 0 unspecified atom stereocenters. The summed E-state index contributed by atoms with van der Waals surface area (Å²) in [6.07, 6.45) is 2.98. The van der Waals surface area contributed by atoms with Gasteiger partial charge in [-0.1, -0.05) is 24.0 Å². The van der Waals surface area contributed by atoms with E-state index in [9.17, 15) is 9.59 Å². The van der Waals surface area contributed by atoms with Crippen LogP contribution < -0.4 is 10.9 Å². The van der Waals surface area contributed by atoms with Crippen LogP contribution in [0, 0.1) is 0 Å². The molecule has 0 fully saturated rings. The summed E-state index contributed by atoms with van der Waals surface area (Å²) < 4.78 is 0.190. The molecule has 90 valence electrons. The summed E-state index contributed by atoms with van der Waals surface area (Å²) in [5, 5.41) is 8.42. The van der Waals surface area contributed by atoms with Crippen LogP contribution in [-0.4, -0.2) is 32.0 Å². The van der Waals surface area contributed by atoms with E-state index in [1.165, 1.54) is 12.4 Å². The lowest BCUT2D eigenvalue weighted by molar-refractivity contribution is -0.133. The molecular formula is C9H9N3O3S2. The van der Waals surface area contributed by atoms with E-state index >= 15 is 0 Å². The standard InChI is InChI=1S/C9H9N3O3S2/c13-7(14)5-17-9(16)12-11-8(15)6-1-3-10-4-2-6/h1-4H,5H2,(H,11,15)(H,12,16)(H,13,14). The number of hydrazine groups is 1. The first-order valence-corrected chi connectivity index (χ1v) is 5.84. The lowest BCUT2D eigenvalue weighted by Crippen LogP contribution is -2.39. The Morgan fingerprint density at radius 3 is 2.59 bits per heavy atom. The number of amides is 1. The SMILES string of the molecule is O=C(O)CSC(=S)NNC(=O)c1ccncc1. The summed E-state index contributed by atoms with van der Waals surface area (Å²) in [4.78, 5) is 25.5. The zero-order valence-corrected chi connectivity index (χ0v) is 10.2. The van der Waals surface area contributed by atoms with Gasteiger partial charge in [-0.05, 0) is 12.1 Å². The smallest absolute Gasteiger partial charge is 0.313 e. The van der Waals surface area contributed by atoms with Gasteiger partial charge in [0.05, 0.1) is 5.75 Å². The Morgan fingerprint density at radius 2 is 2.00 bits per heavy atom. The first kappa shape index (κ1) is 13.4. The van der Waals surface area contributed by atoms with Gasteiger partial charge in [0.2, 0.25) is 0 Å². The van der Waals surface area contributed by atoms with E-state index in [0.717, 1.165) is 11.8 Å². The number of nitrogens with zero attached hydrogens (tertiary/aromatic N) is 1. The van der Waals surface area contributed by atoms with Gasteiger partial charge in [-0.3, -0.25) is 25.4 Å². The van der Waals surface area contributed by atoms with E-state index in [4.69, 9.17) is 17.3 Å². The fourth-order valence-corrected chi connectivity index (χ4v) is 1.45. The average molecular weight is 271 g/mol. The van der Waals surface area contributed by atoms with Crippen LogP contribution in [0.2, 0.25) is 0 Å². The molecule has 0 aliphatic heterocycles. The molecule has 0 aliphatic carbocycles. The molecule has 1 heterocycles. The van der Waals surface area contributed by atoms with Crippen molar-refractivity contribution in [3.05, 3.63) is 30.1 Å². The largest absolute Gasteiger partial charge is 0.481 e. The zero-order valence-electron chi connectivity index (χ0n) is 8.54. The van der Waals surface area contributed by atoms with Crippen molar-refractivity contribution >= 4 is 40.2 Å². The molecule has 1 rings (SSSR count). The van der Waals surface area contributed by atoms with E-state index in [-0.39, 0.29) is 16.0 Å². The third-order valence-electron chi connectivity index (χ3n) is 1.55. The van der Waals surface area contributed by atoms with Crippen molar-refractivity contribution in [2.75, 3.05) is 5.75 Å². The van der Waals surface area contributed by atoms with Crippen molar-refractivity contribution in [1.82, 2.24) is 15.8 Å². The summed E-state index contributed by atoms with van der Waals surface area (Å²) in [6, 6.07) is 3.09. The fraction of sp³-hybridized carbons (Fsp3) is 0.111. The van der Waals surface area contributed by atoms with Crippen molar-refractivity contribution in [2.45, 2.75) is 0 Å². The minimum absolute atomic E-state index is 0.156. The highest BCUT2D eigenvalue weighted by Crippen LogP contribution is 2.00. The van der Waals surface area contributed by atoms with Crippen LogP contribution >= 0.6 is 24.0 Å². The number of carbonyl (C=O) groups excluding carboxylic acids is 1. The summed E-state index contributed by atoms with van der Waals surface area (Å²) in [7, 11) is 0. The number of thioether (sulfide) groups is 1. The summed E-state index contributed by atoms with van der Waals surface area (Å²) in [5.74, 6) is -1.50. The monoisotopic (exact) mass is 271 g/mol. The van der Waals surface area contributed by atoms with Crippen LogP contribution in [0.25, 0.3) is 0 Å². The number of hydrogen-bond donors (Lipinski definition) is 3. The van der Waals surface area contributed by atoms with Gasteiger partial charge in [0.15, 0.2) is 4.32 Å². The average Bonchev–Trinajstić information content (AvgIpc) is 2.34. The second-order valence-electron chi connectivity index (χ2n) is 2.78. The number of carboxylic acids is 1. The Balaban J connectivity index is 2.34. The lowest BCUT2D eigenvalue weighted by atomic mass is 10.3. The fourth-order valence-electron chi connectivity index (χ4n) is 0.847. The van der Waals surface area contributed by atoms with Crippen molar-refractivity contribution in [3.63, 3.8) is 0 Å².